The van der Waals surface area contributed by atoms with Crippen molar-refractivity contribution in [2.45, 2.75) is 19.4 Å². The van der Waals surface area contributed by atoms with Crippen LogP contribution in [-0.2, 0) is 4.79 Å². The number of hydrogen-bond donors (Lipinski definition) is 2. The number of benzene rings is 1. The van der Waals surface area contributed by atoms with E-state index < -0.39 is 11.9 Å². The number of primary amides is 1. The number of ether oxygens (including phenoxy) is 1. The fraction of sp³-hybridized carbons (Fsp3) is 0.417. The van der Waals surface area contributed by atoms with Crippen molar-refractivity contribution < 1.29 is 9.53 Å². The standard InChI is InChI=1S/C12H17ClN2O2/c1-3-6-15-11(12(14)16)8-4-5-10(17-2)9(13)7-8/h4-5,7,11,15H,3,6H2,1-2H3,(H2,14,16). The lowest BCUT2D eigenvalue weighted by Gasteiger charge is -2.16. The highest BCUT2D eigenvalue weighted by molar-refractivity contribution is 6.32. The molecule has 4 nitrogen and oxygen atoms in total. The molecule has 0 aliphatic rings. The summed E-state index contributed by atoms with van der Waals surface area (Å²) in [6.07, 6.45) is 0.924. The Morgan fingerprint density at radius 2 is 2.29 bits per heavy atom. The first-order valence-corrected chi connectivity index (χ1v) is 5.84. The molecule has 0 aliphatic heterocycles. The number of nitrogens with two attached hydrogens (primary N) is 1. The molecule has 0 bridgehead atoms. The van der Waals surface area contributed by atoms with Crippen LogP contribution in [0.3, 0.4) is 0 Å². The number of halogens is 1. The van der Waals surface area contributed by atoms with Crippen molar-refractivity contribution in [3.63, 3.8) is 0 Å². The molecule has 0 aliphatic carbocycles. The Kier molecular flexibility index (Phi) is 5.25. The van der Waals surface area contributed by atoms with Crippen LogP contribution in [0.5, 0.6) is 5.75 Å². The Morgan fingerprint density at radius 3 is 2.76 bits per heavy atom. The van der Waals surface area contributed by atoms with Crippen LogP contribution in [0.1, 0.15) is 24.9 Å². The van der Waals surface area contributed by atoms with Crippen molar-refractivity contribution >= 4 is 17.5 Å². The molecule has 1 rings (SSSR count). The number of amides is 1. The summed E-state index contributed by atoms with van der Waals surface area (Å²) >= 11 is 6.01. The predicted molar refractivity (Wildman–Crippen MR) is 68.2 cm³/mol. The van der Waals surface area contributed by atoms with Gasteiger partial charge in [0.2, 0.25) is 5.91 Å². The molecule has 17 heavy (non-hydrogen) atoms. The summed E-state index contributed by atoms with van der Waals surface area (Å²) in [5.41, 5.74) is 6.10. The Labute approximate surface area is 106 Å². The lowest BCUT2D eigenvalue weighted by atomic mass is 10.1. The second kappa shape index (κ2) is 6.47. The molecule has 1 amide bonds. The SMILES string of the molecule is CCCNC(C(N)=O)c1ccc(OC)c(Cl)c1. The van der Waals surface area contributed by atoms with Crippen LogP contribution in [0.2, 0.25) is 5.02 Å². The van der Waals surface area contributed by atoms with Crippen LogP contribution in [0, 0.1) is 0 Å². The van der Waals surface area contributed by atoms with Gasteiger partial charge in [-0.25, -0.2) is 0 Å². The van der Waals surface area contributed by atoms with Crippen molar-refractivity contribution in [3.05, 3.63) is 28.8 Å². The third kappa shape index (κ3) is 3.61. The summed E-state index contributed by atoms with van der Waals surface area (Å²) < 4.78 is 5.05. The molecular weight excluding hydrogens is 240 g/mol. The Balaban J connectivity index is 2.94. The Morgan fingerprint density at radius 1 is 1.59 bits per heavy atom. The van der Waals surface area contributed by atoms with E-state index in [1.807, 2.05) is 6.92 Å². The fourth-order valence-corrected chi connectivity index (χ4v) is 1.80. The molecular formula is C12H17ClN2O2. The van der Waals surface area contributed by atoms with Crippen LogP contribution < -0.4 is 15.8 Å². The van der Waals surface area contributed by atoms with E-state index in [0.717, 1.165) is 18.5 Å². The van der Waals surface area contributed by atoms with Gasteiger partial charge in [-0.05, 0) is 30.7 Å². The van der Waals surface area contributed by atoms with Crippen molar-refractivity contribution in [3.8, 4) is 5.75 Å². The summed E-state index contributed by atoms with van der Waals surface area (Å²) in [6, 6.07) is 4.68. The predicted octanol–water partition coefficient (Wildman–Crippen LogP) is 1.87. The Hall–Kier alpha value is -1.26. The minimum absolute atomic E-state index is 0.417. The molecule has 1 aromatic carbocycles. The quantitative estimate of drug-likeness (QED) is 0.817. The maximum Gasteiger partial charge on any atom is 0.239 e. The third-order valence-electron chi connectivity index (χ3n) is 2.39. The minimum Gasteiger partial charge on any atom is -0.495 e. The average Bonchev–Trinajstić information content (AvgIpc) is 2.29. The van der Waals surface area contributed by atoms with E-state index in [4.69, 9.17) is 22.1 Å². The van der Waals surface area contributed by atoms with Gasteiger partial charge in [0.15, 0.2) is 0 Å². The number of rotatable bonds is 6. The van der Waals surface area contributed by atoms with E-state index in [0.29, 0.717) is 10.8 Å². The summed E-state index contributed by atoms with van der Waals surface area (Å²) in [6.45, 7) is 2.74. The number of hydrogen-bond acceptors (Lipinski definition) is 3. The fourth-order valence-electron chi connectivity index (χ4n) is 1.53. The minimum atomic E-state index is -0.515. The summed E-state index contributed by atoms with van der Waals surface area (Å²) in [5.74, 6) is 0.161. The molecule has 0 radical (unpaired) electrons. The van der Waals surface area contributed by atoms with Gasteiger partial charge in [0.25, 0.3) is 0 Å². The van der Waals surface area contributed by atoms with Crippen LogP contribution in [0.15, 0.2) is 18.2 Å². The highest BCUT2D eigenvalue weighted by Gasteiger charge is 2.17. The molecule has 0 fully saturated rings. The molecule has 1 unspecified atom stereocenters. The first-order valence-electron chi connectivity index (χ1n) is 5.46. The molecule has 0 heterocycles. The van der Waals surface area contributed by atoms with Crippen LogP contribution >= 0.6 is 11.6 Å². The van der Waals surface area contributed by atoms with Gasteiger partial charge in [0.05, 0.1) is 12.1 Å². The van der Waals surface area contributed by atoms with Crippen LogP contribution in [0.25, 0.3) is 0 Å². The summed E-state index contributed by atoms with van der Waals surface area (Å²) in [4.78, 5) is 11.4. The first-order chi connectivity index (χ1) is 8.10. The average molecular weight is 257 g/mol. The maximum absolute atomic E-state index is 11.4. The van der Waals surface area contributed by atoms with E-state index in [-0.39, 0.29) is 0 Å². The first kappa shape index (κ1) is 13.8. The molecule has 1 atom stereocenters. The highest BCUT2D eigenvalue weighted by Crippen LogP contribution is 2.27. The number of carbonyl (C=O) groups is 1. The van der Waals surface area contributed by atoms with Gasteiger partial charge >= 0.3 is 0 Å². The zero-order valence-corrected chi connectivity index (χ0v) is 10.8. The van der Waals surface area contributed by atoms with Crippen molar-refractivity contribution in [2.75, 3.05) is 13.7 Å². The number of carbonyl (C=O) groups excluding carboxylic acids is 1. The zero-order chi connectivity index (χ0) is 12.8. The lowest BCUT2D eigenvalue weighted by molar-refractivity contribution is -0.120. The second-order valence-electron chi connectivity index (χ2n) is 3.68. The second-order valence-corrected chi connectivity index (χ2v) is 4.09. The van der Waals surface area contributed by atoms with Gasteiger partial charge in [-0.3, -0.25) is 4.79 Å². The number of nitrogens with one attached hydrogen (secondary N) is 1. The van der Waals surface area contributed by atoms with Crippen LogP contribution in [0.4, 0.5) is 0 Å². The van der Waals surface area contributed by atoms with Gasteiger partial charge in [-0.1, -0.05) is 24.6 Å². The van der Waals surface area contributed by atoms with Crippen molar-refractivity contribution in [1.82, 2.24) is 5.32 Å². The smallest absolute Gasteiger partial charge is 0.239 e. The van der Waals surface area contributed by atoms with E-state index >= 15 is 0 Å². The maximum atomic E-state index is 11.4. The van der Waals surface area contributed by atoms with E-state index in [1.54, 1.807) is 25.3 Å². The molecule has 0 aromatic heterocycles. The van der Waals surface area contributed by atoms with Gasteiger partial charge in [0.1, 0.15) is 11.8 Å². The third-order valence-corrected chi connectivity index (χ3v) is 2.69. The van der Waals surface area contributed by atoms with Gasteiger partial charge in [-0.2, -0.15) is 0 Å². The summed E-state index contributed by atoms with van der Waals surface area (Å²) in [7, 11) is 1.54. The zero-order valence-electron chi connectivity index (χ0n) is 10.00. The molecule has 0 spiro atoms. The molecule has 5 heteroatoms. The van der Waals surface area contributed by atoms with Crippen molar-refractivity contribution in [1.29, 1.82) is 0 Å². The van der Waals surface area contributed by atoms with Gasteiger partial charge in [-0.15, -0.1) is 0 Å². The summed E-state index contributed by atoms with van der Waals surface area (Å²) in [5, 5.41) is 3.54. The largest absolute Gasteiger partial charge is 0.495 e. The lowest BCUT2D eigenvalue weighted by Crippen LogP contribution is -2.34. The molecule has 0 saturated carbocycles. The molecule has 1 aromatic rings. The number of methoxy groups -OCH3 is 1. The van der Waals surface area contributed by atoms with Crippen LogP contribution in [-0.4, -0.2) is 19.6 Å². The molecule has 94 valence electrons. The van der Waals surface area contributed by atoms with Gasteiger partial charge < -0.3 is 15.8 Å². The van der Waals surface area contributed by atoms with Gasteiger partial charge in [0, 0.05) is 0 Å². The van der Waals surface area contributed by atoms with E-state index in [2.05, 4.69) is 5.32 Å². The Bertz CT molecular complexity index is 396. The molecule has 0 saturated heterocycles. The highest BCUT2D eigenvalue weighted by atomic mass is 35.5. The topological polar surface area (TPSA) is 64.3 Å². The normalized spacial score (nSPS) is 12.2. The van der Waals surface area contributed by atoms with E-state index in [9.17, 15) is 4.79 Å². The monoisotopic (exact) mass is 256 g/mol. The van der Waals surface area contributed by atoms with E-state index in [1.165, 1.54) is 0 Å². The van der Waals surface area contributed by atoms with Crippen molar-refractivity contribution in [2.24, 2.45) is 5.73 Å². The molecule has 3 N–H and O–H groups in total.